The highest BCUT2D eigenvalue weighted by atomic mass is 79.9. The van der Waals surface area contributed by atoms with Crippen molar-refractivity contribution < 1.29 is 44.8 Å². The molecule has 0 unspecified atom stereocenters. The molecule has 458 valence electrons. The molecule has 0 radical (unpaired) electrons. The molecule has 0 atom stereocenters. The average molecular weight is 1310 g/mol. The molecule has 1 aliphatic heterocycles. The lowest BCUT2D eigenvalue weighted by atomic mass is 9.80. The lowest BCUT2D eigenvalue weighted by Crippen LogP contribution is -2.31. The quantitative estimate of drug-likeness (QED) is 0.0917. The van der Waals surface area contributed by atoms with Gasteiger partial charge in [0.25, 0.3) is 0 Å². The predicted octanol–water partition coefficient (Wildman–Crippen LogP) is 8.21. The molecule has 5 aromatic heterocycles. The Hall–Kier alpha value is -8.05. The van der Waals surface area contributed by atoms with Crippen LogP contribution in [-0.2, 0) is 49.7 Å². The fourth-order valence-corrected chi connectivity index (χ4v) is 12.3. The molecule has 26 heteroatoms. The maximum atomic E-state index is 12.5. The fourth-order valence-electron chi connectivity index (χ4n) is 9.09. The zero-order valence-corrected chi connectivity index (χ0v) is 54.4. The van der Waals surface area contributed by atoms with Crippen molar-refractivity contribution in [1.29, 1.82) is 0 Å². The van der Waals surface area contributed by atoms with Crippen molar-refractivity contribution in [1.82, 2.24) is 47.4 Å². The van der Waals surface area contributed by atoms with E-state index in [9.17, 15) is 25.3 Å². The van der Waals surface area contributed by atoms with Crippen LogP contribution >= 0.6 is 15.9 Å². The number of halogens is 1. The largest absolute Gasteiger partial charge is 0.497 e. The summed E-state index contributed by atoms with van der Waals surface area (Å²) in [5.41, 5.74) is 12.3. The third kappa shape index (κ3) is 15.3. The zero-order valence-electron chi connectivity index (χ0n) is 50.4. The first-order chi connectivity index (χ1) is 41.7. The first-order valence-corrected chi connectivity index (χ1v) is 32.4. The summed E-state index contributed by atoms with van der Waals surface area (Å²) in [7, 11) is 0.110. The van der Waals surface area contributed by atoms with Crippen molar-refractivity contribution in [2.24, 2.45) is 4.99 Å². The number of aromatic nitrogens is 7. The summed E-state index contributed by atoms with van der Waals surface area (Å²) in [6, 6.07) is 41.3. The predicted molar refractivity (Wildman–Crippen MR) is 346 cm³/mol. The highest BCUT2D eigenvalue weighted by Gasteiger charge is 2.23. The van der Waals surface area contributed by atoms with E-state index in [1.165, 1.54) is 80.7 Å². The van der Waals surface area contributed by atoms with Gasteiger partial charge in [0.2, 0.25) is 30.1 Å². The number of methoxy groups -OCH3 is 2. The molecule has 11 rings (SSSR count). The van der Waals surface area contributed by atoms with Crippen LogP contribution in [0.25, 0.3) is 44.3 Å². The van der Waals surface area contributed by atoms with Gasteiger partial charge in [0, 0.05) is 98.5 Å². The van der Waals surface area contributed by atoms with E-state index in [1.54, 1.807) is 69.2 Å². The number of fused-ring (bicyclic) bond motifs is 3. The van der Waals surface area contributed by atoms with Crippen molar-refractivity contribution in [2.45, 2.75) is 55.1 Å². The van der Waals surface area contributed by atoms with Gasteiger partial charge in [0.1, 0.15) is 11.5 Å². The van der Waals surface area contributed by atoms with Gasteiger partial charge in [-0.05, 0) is 143 Å². The smallest absolute Gasteiger partial charge is 0.488 e. The molecule has 0 spiro atoms. The summed E-state index contributed by atoms with van der Waals surface area (Å²) >= 11 is 3.45. The van der Waals surface area contributed by atoms with E-state index in [0.29, 0.717) is 19.6 Å². The summed E-state index contributed by atoms with van der Waals surface area (Å²) in [5, 5.41) is 29.0. The van der Waals surface area contributed by atoms with E-state index in [0.717, 1.165) is 98.5 Å². The van der Waals surface area contributed by atoms with Crippen molar-refractivity contribution in [3.05, 3.63) is 196 Å². The van der Waals surface area contributed by atoms with Crippen molar-refractivity contribution in [2.75, 3.05) is 56.5 Å². The van der Waals surface area contributed by atoms with Crippen LogP contribution in [0.2, 0.25) is 0 Å². The van der Waals surface area contributed by atoms with Gasteiger partial charge < -0.3 is 19.5 Å². The number of nitrogens with zero attached hydrogens (tertiary/aromatic N) is 11. The number of pyridine rings is 3. The molecule has 2 N–H and O–H groups in total. The zero-order chi connectivity index (χ0) is 63.8. The van der Waals surface area contributed by atoms with Crippen LogP contribution in [0.5, 0.6) is 11.5 Å². The van der Waals surface area contributed by atoms with E-state index in [1.807, 2.05) is 103 Å². The summed E-state index contributed by atoms with van der Waals surface area (Å²) in [6.45, 7) is 7.83. The summed E-state index contributed by atoms with van der Waals surface area (Å²) in [6.07, 6.45) is 5.33. The normalized spacial score (nSPS) is 12.2. The molecule has 0 bridgehead atoms. The SMILES string of the molecule is CC1=NCc2ncc(-c3cccc(S(=O)(=O)N(C)C)c3)cc21.CN(C)S(=O)(=O)c1cccc(B(O)O)c1.COc1ccc(Cn2nc(C)c3cc(-c4cccc(S(=O)(=O)N(C)C)c4)cnc32)cc1.COc1ccc(Cn2nc(C)c3cc(Br)cnc32)cc1. The van der Waals surface area contributed by atoms with Gasteiger partial charge in [-0.15, -0.1) is 0 Å². The third-order valence-electron chi connectivity index (χ3n) is 14.1. The number of ether oxygens (including phenoxy) is 2. The fraction of sp³-hybridized carbons (Fsp3) is 0.226. The van der Waals surface area contributed by atoms with Crippen LogP contribution < -0.4 is 14.9 Å². The minimum atomic E-state index is -3.52. The first kappa shape index (κ1) is 65.9. The van der Waals surface area contributed by atoms with Gasteiger partial charge >= 0.3 is 7.12 Å². The third-order valence-corrected chi connectivity index (χ3v) is 20.0. The molecule has 0 aliphatic carbocycles. The Bertz CT molecular complexity index is 4530. The van der Waals surface area contributed by atoms with Crippen LogP contribution in [0.1, 0.15) is 40.7 Å². The molecular formula is C62H67BBrN11O10S3. The Labute approximate surface area is 522 Å². The van der Waals surface area contributed by atoms with Gasteiger partial charge in [0.05, 0.1) is 65.6 Å². The molecule has 6 heterocycles. The Kier molecular flexibility index (Phi) is 21.0. The molecule has 0 fully saturated rings. The summed E-state index contributed by atoms with van der Waals surface area (Å²) < 4.78 is 91.5. The molecule has 5 aromatic carbocycles. The minimum Gasteiger partial charge on any atom is -0.497 e. The van der Waals surface area contributed by atoms with Gasteiger partial charge in [-0.2, -0.15) is 10.2 Å². The van der Waals surface area contributed by atoms with E-state index >= 15 is 0 Å². The second kappa shape index (κ2) is 28.0. The van der Waals surface area contributed by atoms with Crippen LogP contribution in [0.15, 0.2) is 182 Å². The average Bonchev–Trinajstić information content (AvgIpc) is 1.90. The van der Waals surface area contributed by atoms with Gasteiger partial charge in [0.15, 0.2) is 11.3 Å². The van der Waals surface area contributed by atoms with E-state index in [-0.39, 0.29) is 20.1 Å². The molecule has 1 aliphatic rings. The number of rotatable bonds is 15. The molecule has 0 amide bonds. The first-order valence-electron chi connectivity index (χ1n) is 27.2. The Balaban J connectivity index is 0.000000157. The molecule has 10 aromatic rings. The van der Waals surface area contributed by atoms with Gasteiger partial charge in [-0.3, -0.25) is 9.98 Å². The second-order valence-corrected chi connectivity index (χ2v) is 28.2. The molecule has 0 saturated heterocycles. The van der Waals surface area contributed by atoms with Crippen molar-refractivity contribution in [3.63, 3.8) is 0 Å². The summed E-state index contributed by atoms with van der Waals surface area (Å²) in [4.78, 5) is 18.5. The van der Waals surface area contributed by atoms with Crippen LogP contribution in [-0.4, -0.2) is 152 Å². The highest BCUT2D eigenvalue weighted by molar-refractivity contribution is 9.10. The van der Waals surface area contributed by atoms with Gasteiger partial charge in [-0.25, -0.2) is 57.5 Å². The van der Waals surface area contributed by atoms with Crippen LogP contribution in [0, 0.1) is 13.8 Å². The van der Waals surface area contributed by atoms with E-state index < -0.39 is 37.2 Å². The van der Waals surface area contributed by atoms with Crippen LogP contribution in [0.3, 0.4) is 0 Å². The van der Waals surface area contributed by atoms with E-state index in [2.05, 4.69) is 52.1 Å². The van der Waals surface area contributed by atoms with Gasteiger partial charge in [-0.1, -0.05) is 60.7 Å². The minimum absolute atomic E-state index is 0.0399. The summed E-state index contributed by atoms with van der Waals surface area (Å²) in [5.74, 6) is 1.67. The van der Waals surface area contributed by atoms with Crippen molar-refractivity contribution >= 4 is 86.4 Å². The number of aryl methyl sites for hydroxylation is 2. The number of aliphatic imine (C=N–C) groups is 1. The second-order valence-electron chi connectivity index (χ2n) is 20.8. The lowest BCUT2D eigenvalue weighted by Gasteiger charge is -2.12. The van der Waals surface area contributed by atoms with E-state index in [4.69, 9.17) is 19.5 Å². The molecule has 0 saturated carbocycles. The number of benzene rings is 5. The molecule has 88 heavy (non-hydrogen) atoms. The Morgan fingerprint density at radius 1 is 0.523 bits per heavy atom. The number of hydrogen-bond donors (Lipinski definition) is 2. The molecule has 21 nitrogen and oxygen atoms in total. The standard InChI is InChI=1S/C23H24N4O3S.C16H17N3O2S.C15H14BrN3O.C8H12BNO4S/c1-16-22-13-19(18-6-5-7-21(12-18)31(28,29)26(2)3)14-24-23(22)27(25-16)15-17-8-10-20(30-4)11-9-17;1-11-15-8-13(9-18-16(15)10-17-11)12-5-4-6-14(7-12)22(20,21)19(2)3;1-10-14-7-12(16)8-17-15(14)19(18-10)9-11-3-5-13(20-2)6-4-11;1-10(2)15(13,14)8-5-3-4-7(6-8)9(11)12/h5-14H,15H2,1-4H3;4-9H,10H2,1-3H3;3-8H,9H2,1-2H3;3-6,11-12H,1-2H3. The van der Waals surface area contributed by atoms with Crippen LogP contribution in [0.4, 0.5) is 0 Å². The lowest BCUT2D eigenvalue weighted by molar-refractivity contribution is 0.414. The number of sulfonamides is 3. The highest BCUT2D eigenvalue weighted by Crippen LogP contribution is 2.30. The molecular weight excluding hydrogens is 1250 g/mol. The maximum absolute atomic E-state index is 12.5. The number of hydrogen-bond acceptors (Lipinski definition) is 16. The maximum Gasteiger partial charge on any atom is 0.488 e. The topological polar surface area (TPSA) is 258 Å². The monoisotopic (exact) mass is 1310 g/mol. The van der Waals surface area contributed by atoms with Crippen molar-refractivity contribution in [3.8, 4) is 33.8 Å². The Morgan fingerprint density at radius 3 is 1.40 bits per heavy atom. The Morgan fingerprint density at radius 2 is 0.943 bits per heavy atom.